The number of ether oxygens (including phenoxy) is 3. The van der Waals surface area contributed by atoms with Crippen molar-refractivity contribution in [3.05, 3.63) is 62.5 Å². The maximum Gasteiger partial charge on any atom is 0.336 e. The van der Waals surface area contributed by atoms with Crippen LogP contribution in [-0.2, 0) is 28.6 Å². The van der Waals surface area contributed by atoms with Crippen LogP contribution in [0.25, 0.3) is 0 Å². The Hall–Kier alpha value is -3.53. The van der Waals surface area contributed by atoms with E-state index in [0.717, 1.165) is 0 Å². The molecule has 0 saturated carbocycles. The molecule has 1 heterocycles. The van der Waals surface area contributed by atoms with Gasteiger partial charge in [-0.2, -0.15) is 0 Å². The minimum absolute atomic E-state index is 0.00286. The first-order chi connectivity index (χ1) is 16.6. The number of nitrogens with one attached hydrogen (secondary N) is 1. The van der Waals surface area contributed by atoms with Crippen LogP contribution < -0.4 is 5.32 Å². The normalized spacial score (nSPS) is 22.0. The van der Waals surface area contributed by atoms with Gasteiger partial charge < -0.3 is 19.5 Å². The second-order valence-electron chi connectivity index (χ2n) is 8.94. The van der Waals surface area contributed by atoms with Crippen LogP contribution in [0.4, 0.5) is 5.69 Å². The van der Waals surface area contributed by atoms with Crippen molar-refractivity contribution in [1.29, 1.82) is 0 Å². The lowest BCUT2D eigenvalue weighted by Gasteiger charge is -2.38. The molecular formula is C25H30N2O8. The van der Waals surface area contributed by atoms with Crippen LogP contribution in [-0.4, -0.2) is 49.1 Å². The number of carbonyl (C=O) groups excluding carboxylic acids is 3. The van der Waals surface area contributed by atoms with Crippen molar-refractivity contribution in [1.82, 2.24) is 5.32 Å². The Morgan fingerprint density at radius 1 is 1.26 bits per heavy atom. The molecule has 0 spiro atoms. The number of dihydropyridines is 1. The molecular weight excluding hydrogens is 456 g/mol. The zero-order valence-electron chi connectivity index (χ0n) is 20.5. The molecule has 0 saturated heterocycles. The zero-order chi connectivity index (χ0) is 25.9. The molecule has 1 aromatic rings. The number of non-ortho nitro benzene ring substituents is 1. The molecule has 0 fully saturated rings. The molecule has 0 radical (unpaired) electrons. The molecule has 3 atom stereocenters. The molecule has 35 heavy (non-hydrogen) atoms. The topological polar surface area (TPSA) is 134 Å². The first-order valence-corrected chi connectivity index (χ1v) is 11.4. The number of methoxy groups -OCH3 is 1. The second kappa shape index (κ2) is 10.8. The predicted octanol–water partition coefficient (Wildman–Crippen LogP) is 3.18. The van der Waals surface area contributed by atoms with Gasteiger partial charge in [-0.05, 0) is 38.7 Å². The molecule has 1 N–H and O–H groups in total. The van der Waals surface area contributed by atoms with E-state index in [1.807, 2.05) is 13.8 Å². The number of rotatable bonds is 8. The number of esters is 2. The van der Waals surface area contributed by atoms with Crippen LogP contribution in [0.5, 0.6) is 0 Å². The fourth-order valence-corrected chi connectivity index (χ4v) is 4.60. The Labute approximate surface area is 203 Å². The van der Waals surface area contributed by atoms with Crippen LogP contribution in [0.15, 0.2) is 46.8 Å². The first-order valence-electron chi connectivity index (χ1n) is 11.4. The maximum atomic E-state index is 13.7. The monoisotopic (exact) mass is 486 g/mol. The third-order valence-electron chi connectivity index (χ3n) is 6.14. The summed E-state index contributed by atoms with van der Waals surface area (Å²) in [7, 11) is 1.22. The summed E-state index contributed by atoms with van der Waals surface area (Å²) < 4.78 is 15.7. The van der Waals surface area contributed by atoms with Crippen LogP contribution in [0.1, 0.15) is 45.6 Å². The number of nitrogens with zero attached hydrogens (tertiary/aromatic N) is 1. The average molecular weight is 487 g/mol. The van der Waals surface area contributed by atoms with Gasteiger partial charge in [-0.15, -0.1) is 0 Å². The van der Waals surface area contributed by atoms with Gasteiger partial charge in [0.1, 0.15) is 12.5 Å². The van der Waals surface area contributed by atoms with E-state index in [1.54, 1.807) is 19.9 Å². The number of allylic oxidation sites excluding steroid dienone is 3. The van der Waals surface area contributed by atoms with Crippen molar-refractivity contribution >= 4 is 23.4 Å². The zero-order valence-corrected chi connectivity index (χ0v) is 20.5. The van der Waals surface area contributed by atoms with E-state index in [4.69, 9.17) is 14.2 Å². The van der Waals surface area contributed by atoms with Crippen molar-refractivity contribution < 1.29 is 33.5 Å². The van der Waals surface area contributed by atoms with Gasteiger partial charge in [0.2, 0.25) is 0 Å². The van der Waals surface area contributed by atoms with E-state index in [1.165, 1.54) is 25.3 Å². The molecule has 10 heteroatoms. The number of ketones is 1. The van der Waals surface area contributed by atoms with Crippen LogP contribution in [0, 0.1) is 22.0 Å². The lowest BCUT2D eigenvalue weighted by molar-refractivity contribution is -0.384. The number of hydrogen-bond acceptors (Lipinski definition) is 9. The molecule has 1 aromatic carbocycles. The van der Waals surface area contributed by atoms with E-state index < -0.39 is 34.5 Å². The average Bonchev–Trinajstić information content (AvgIpc) is 2.80. The Bertz CT molecular complexity index is 1100. The number of hydrogen-bond donors (Lipinski definition) is 1. The fourth-order valence-electron chi connectivity index (χ4n) is 4.60. The van der Waals surface area contributed by atoms with E-state index in [0.29, 0.717) is 23.4 Å². The van der Waals surface area contributed by atoms with Gasteiger partial charge >= 0.3 is 11.9 Å². The lowest BCUT2D eigenvalue weighted by Crippen LogP contribution is -2.43. The van der Waals surface area contributed by atoms with Crippen molar-refractivity contribution in [3.63, 3.8) is 0 Å². The van der Waals surface area contributed by atoms with Crippen molar-refractivity contribution in [2.75, 3.05) is 20.3 Å². The highest BCUT2D eigenvalue weighted by Gasteiger charge is 2.47. The molecule has 1 aliphatic heterocycles. The standard InChI is InChI=1S/C25H30N2O8/c1-13(2)34-9-10-35-25(30)20-15(4)26-18-11-14(3)19(24(29)33-5)23(28)22(18)21(20)16-7-6-8-17(12-16)27(31)32/h6-8,12-14,19,21,26H,9-11H2,1-5H3/t14-,19-,21+/m0/s1. The highest BCUT2D eigenvalue weighted by Crippen LogP contribution is 2.45. The van der Waals surface area contributed by atoms with Gasteiger partial charge in [0.15, 0.2) is 5.78 Å². The van der Waals surface area contributed by atoms with Gasteiger partial charge in [-0.25, -0.2) is 4.79 Å². The summed E-state index contributed by atoms with van der Waals surface area (Å²) in [4.78, 5) is 50.3. The number of nitro benzene ring substituents is 1. The summed E-state index contributed by atoms with van der Waals surface area (Å²) in [5.41, 5.74) is 1.63. The Morgan fingerprint density at radius 3 is 2.60 bits per heavy atom. The molecule has 1 aliphatic carbocycles. The van der Waals surface area contributed by atoms with Crippen LogP contribution in [0.3, 0.4) is 0 Å². The quantitative estimate of drug-likeness (QED) is 0.193. The van der Waals surface area contributed by atoms with Gasteiger partial charge in [0.05, 0.1) is 30.3 Å². The van der Waals surface area contributed by atoms with Crippen LogP contribution in [0.2, 0.25) is 0 Å². The molecule has 10 nitrogen and oxygen atoms in total. The van der Waals surface area contributed by atoms with E-state index in [-0.39, 0.29) is 42.1 Å². The fraction of sp³-hybridized carbons (Fsp3) is 0.480. The van der Waals surface area contributed by atoms with Gasteiger partial charge in [0.25, 0.3) is 5.69 Å². The van der Waals surface area contributed by atoms with Gasteiger partial charge in [0, 0.05) is 35.0 Å². The maximum absolute atomic E-state index is 13.7. The first kappa shape index (κ1) is 26.1. The van der Waals surface area contributed by atoms with Gasteiger partial charge in [-0.3, -0.25) is 19.7 Å². The molecule has 188 valence electrons. The minimum Gasteiger partial charge on any atom is -0.468 e. The third kappa shape index (κ3) is 5.43. The SMILES string of the molecule is COC(=O)[C@@H]1C(=O)C2=C(C[C@@H]1C)NC(C)=C(C(=O)OCCOC(C)C)[C@H]2c1cccc([N+](=O)[O-])c1. The summed E-state index contributed by atoms with van der Waals surface area (Å²) in [5.74, 6) is -4.13. The van der Waals surface area contributed by atoms with Crippen LogP contribution >= 0.6 is 0 Å². The van der Waals surface area contributed by atoms with Crippen molar-refractivity contribution in [2.24, 2.45) is 11.8 Å². The summed E-state index contributed by atoms with van der Waals surface area (Å²) in [6.45, 7) is 7.39. The predicted molar refractivity (Wildman–Crippen MR) is 125 cm³/mol. The second-order valence-corrected chi connectivity index (χ2v) is 8.94. The van der Waals surface area contributed by atoms with E-state index >= 15 is 0 Å². The Balaban J connectivity index is 2.09. The highest BCUT2D eigenvalue weighted by atomic mass is 16.6. The molecule has 0 unspecified atom stereocenters. The summed E-state index contributed by atoms with van der Waals surface area (Å²) in [6, 6.07) is 5.79. The van der Waals surface area contributed by atoms with Gasteiger partial charge in [-0.1, -0.05) is 19.1 Å². The largest absolute Gasteiger partial charge is 0.468 e. The number of benzene rings is 1. The van der Waals surface area contributed by atoms with Crippen molar-refractivity contribution in [2.45, 2.75) is 46.1 Å². The smallest absolute Gasteiger partial charge is 0.336 e. The molecule has 2 aliphatic rings. The number of nitro groups is 1. The molecule has 0 amide bonds. The summed E-state index contributed by atoms with van der Waals surface area (Å²) in [6.07, 6.45) is 0.335. The Kier molecular flexibility index (Phi) is 8.06. The molecule has 0 bridgehead atoms. The summed E-state index contributed by atoms with van der Waals surface area (Å²) in [5, 5.41) is 14.6. The highest BCUT2D eigenvalue weighted by molar-refractivity contribution is 6.12. The van der Waals surface area contributed by atoms with E-state index in [9.17, 15) is 24.5 Å². The third-order valence-corrected chi connectivity index (χ3v) is 6.14. The summed E-state index contributed by atoms with van der Waals surface area (Å²) >= 11 is 0. The lowest BCUT2D eigenvalue weighted by atomic mass is 9.69. The molecule has 3 rings (SSSR count). The van der Waals surface area contributed by atoms with Crippen molar-refractivity contribution in [3.8, 4) is 0 Å². The van der Waals surface area contributed by atoms with E-state index in [2.05, 4.69) is 5.32 Å². The Morgan fingerprint density at radius 2 is 1.97 bits per heavy atom. The number of Topliss-reactive ketones (excluding diaryl/α,β-unsaturated/α-hetero) is 1. The number of carbonyl (C=O) groups is 3. The molecule has 0 aromatic heterocycles. The minimum atomic E-state index is -1.04.